The second-order valence-electron chi connectivity index (χ2n) is 4.92. The van der Waals surface area contributed by atoms with Crippen molar-refractivity contribution < 1.29 is 14.7 Å². The molecule has 1 fully saturated rings. The average molecular weight is 281 g/mol. The first-order valence-electron chi connectivity index (χ1n) is 6.76. The predicted molar refractivity (Wildman–Crippen MR) is 70.2 cm³/mol. The number of rotatable bonds is 7. The molecule has 2 heterocycles. The van der Waals surface area contributed by atoms with E-state index in [1.165, 1.54) is 10.9 Å². The quantitative estimate of drug-likeness (QED) is 0.620. The Labute approximate surface area is 116 Å². The van der Waals surface area contributed by atoms with Crippen LogP contribution in [0.25, 0.3) is 0 Å². The first kappa shape index (κ1) is 14.4. The summed E-state index contributed by atoms with van der Waals surface area (Å²) in [6, 6.07) is 0. The zero-order chi connectivity index (χ0) is 14.4. The smallest absolute Gasteiger partial charge is 0.358 e. The van der Waals surface area contributed by atoms with Gasteiger partial charge in [0.25, 0.3) is 0 Å². The van der Waals surface area contributed by atoms with Gasteiger partial charge < -0.3 is 15.7 Å². The maximum Gasteiger partial charge on any atom is 0.358 e. The number of nitrogens with one attached hydrogen (secondary N) is 2. The van der Waals surface area contributed by atoms with Gasteiger partial charge in [-0.25, -0.2) is 9.48 Å². The number of nitrogens with zero attached hydrogens (tertiary/aromatic N) is 3. The van der Waals surface area contributed by atoms with E-state index in [-0.39, 0.29) is 11.6 Å². The van der Waals surface area contributed by atoms with Crippen molar-refractivity contribution in [3.63, 3.8) is 0 Å². The third-order valence-corrected chi connectivity index (χ3v) is 3.36. The molecule has 1 aromatic rings. The average Bonchev–Trinajstić information content (AvgIpc) is 3.07. The van der Waals surface area contributed by atoms with Crippen LogP contribution in [-0.4, -0.2) is 51.6 Å². The molecule has 0 radical (unpaired) electrons. The highest BCUT2D eigenvalue weighted by molar-refractivity contribution is 5.84. The van der Waals surface area contributed by atoms with Crippen LogP contribution in [0.3, 0.4) is 0 Å². The van der Waals surface area contributed by atoms with Crippen LogP contribution in [0, 0.1) is 5.92 Å². The molecule has 8 heteroatoms. The van der Waals surface area contributed by atoms with E-state index in [4.69, 9.17) is 5.11 Å². The van der Waals surface area contributed by atoms with Crippen LogP contribution in [0.2, 0.25) is 0 Å². The van der Waals surface area contributed by atoms with Crippen molar-refractivity contribution in [1.29, 1.82) is 0 Å². The van der Waals surface area contributed by atoms with Crippen molar-refractivity contribution >= 4 is 11.9 Å². The Bertz CT molecular complexity index is 467. The van der Waals surface area contributed by atoms with Gasteiger partial charge in [0.2, 0.25) is 5.91 Å². The molecule has 20 heavy (non-hydrogen) atoms. The number of carbonyl (C=O) groups is 2. The van der Waals surface area contributed by atoms with E-state index in [0.717, 1.165) is 25.9 Å². The number of carboxylic acid groups (broad SMARTS) is 1. The molecule has 110 valence electrons. The molecule has 3 N–H and O–H groups in total. The molecule has 1 amide bonds. The van der Waals surface area contributed by atoms with Gasteiger partial charge in [-0.3, -0.25) is 4.79 Å². The second-order valence-corrected chi connectivity index (χ2v) is 4.92. The van der Waals surface area contributed by atoms with E-state index in [2.05, 4.69) is 20.9 Å². The van der Waals surface area contributed by atoms with Gasteiger partial charge in [0, 0.05) is 13.0 Å². The Morgan fingerprint density at radius 3 is 3.05 bits per heavy atom. The number of aromatic carboxylic acids is 1. The predicted octanol–water partition coefficient (Wildman–Crippen LogP) is -0.518. The fraction of sp³-hybridized carbons (Fsp3) is 0.667. The molecule has 0 aromatic carbocycles. The summed E-state index contributed by atoms with van der Waals surface area (Å²) in [6.07, 6.45) is 3.93. The van der Waals surface area contributed by atoms with Crippen molar-refractivity contribution in [3.8, 4) is 0 Å². The summed E-state index contributed by atoms with van der Waals surface area (Å²) in [5.41, 5.74) is -0.0925. The van der Waals surface area contributed by atoms with E-state index in [1.54, 1.807) is 0 Å². The molecule has 2 rings (SSSR count). The summed E-state index contributed by atoms with van der Waals surface area (Å²) in [5, 5.41) is 21.9. The van der Waals surface area contributed by atoms with Crippen molar-refractivity contribution in [2.75, 3.05) is 19.6 Å². The third kappa shape index (κ3) is 4.30. The lowest BCUT2D eigenvalue weighted by atomic mass is 10.0. The minimum Gasteiger partial charge on any atom is -0.476 e. The normalized spacial score (nSPS) is 18.1. The summed E-state index contributed by atoms with van der Waals surface area (Å²) in [4.78, 5) is 22.2. The molecule has 1 aliphatic heterocycles. The summed E-state index contributed by atoms with van der Waals surface area (Å²) in [5.74, 6) is -0.477. The van der Waals surface area contributed by atoms with Crippen molar-refractivity contribution in [1.82, 2.24) is 25.6 Å². The topological polar surface area (TPSA) is 109 Å². The zero-order valence-electron chi connectivity index (χ0n) is 11.2. The Kier molecular flexibility index (Phi) is 5.05. The maximum atomic E-state index is 11.6. The monoisotopic (exact) mass is 281 g/mol. The Morgan fingerprint density at radius 2 is 2.40 bits per heavy atom. The molecule has 1 saturated heterocycles. The van der Waals surface area contributed by atoms with Gasteiger partial charge in [0.15, 0.2) is 5.69 Å². The van der Waals surface area contributed by atoms with Gasteiger partial charge in [-0.2, -0.15) is 0 Å². The van der Waals surface area contributed by atoms with E-state index >= 15 is 0 Å². The SMILES string of the molecule is O=C(CCC1CCNC1)NCCn1cc(C(=O)O)nn1. The first-order valence-corrected chi connectivity index (χ1v) is 6.76. The summed E-state index contributed by atoms with van der Waals surface area (Å²) in [6.45, 7) is 2.88. The molecular weight excluding hydrogens is 262 g/mol. The minimum atomic E-state index is -1.11. The molecular formula is C12H19N5O3. The maximum absolute atomic E-state index is 11.6. The first-order chi connectivity index (χ1) is 9.65. The zero-order valence-corrected chi connectivity index (χ0v) is 11.2. The number of carbonyl (C=O) groups excluding carboxylic acids is 1. The minimum absolute atomic E-state index is 0.0236. The Balaban J connectivity index is 1.61. The van der Waals surface area contributed by atoms with Crippen molar-refractivity contribution in [2.24, 2.45) is 5.92 Å². The van der Waals surface area contributed by atoms with Crippen LogP contribution in [0.15, 0.2) is 6.20 Å². The van der Waals surface area contributed by atoms with Gasteiger partial charge in [0.1, 0.15) is 0 Å². The lowest BCUT2D eigenvalue weighted by molar-refractivity contribution is -0.121. The highest BCUT2D eigenvalue weighted by atomic mass is 16.4. The molecule has 1 aliphatic rings. The molecule has 1 aromatic heterocycles. The van der Waals surface area contributed by atoms with Crippen LogP contribution >= 0.6 is 0 Å². The van der Waals surface area contributed by atoms with E-state index in [1.807, 2.05) is 0 Å². The van der Waals surface area contributed by atoms with Gasteiger partial charge in [-0.05, 0) is 31.8 Å². The lowest BCUT2D eigenvalue weighted by Crippen LogP contribution is -2.27. The molecule has 0 spiro atoms. The standard InChI is InChI=1S/C12H19N5O3/c18-11(2-1-9-3-4-13-7-9)14-5-6-17-8-10(12(19)20)15-16-17/h8-9,13H,1-7H2,(H,14,18)(H,19,20). The molecule has 0 aliphatic carbocycles. The second kappa shape index (κ2) is 6.99. The Hall–Kier alpha value is -1.96. The fourth-order valence-corrected chi connectivity index (χ4v) is 2.20. The summed E-state index contributed by atoms with van der Waals surface area (Å²) < 4.78 is 1.41. The largest absolute Gasteiger partial charge is 0.476 e. The summed E-state index contributed by atoms with van der Waals surface area (Å²) in [7, 11) is 0. The van der Waals surface area contributed by atoms with Crippen LogP contribution in [0.4, 0.5) is 0 Å². The van der Waals surface area contributed by atoms with E-state index in [9.17, 15) is 9.59 Å². The van der Waals surface area contributed by atoms with E-state index in [0.29, 0.717) is 25.4 Å². The van der Waals surface area contributed by atoms with E-state index < -0.39 is 5.97 Å². The van der Waals surface area contributed by atoms with Crippen molar-refractivity contribution in [3.05, 3.63) is 11.9 Å². The van der Waals surface area contributed by atoms with Crippen LogP contribution < -0.4 is 10.6 Å². The van der Waals surface area contributed by atoms with Crippen molar-refractivity contribution in [2.45, 2.75) is 25.8 Å². The van der Waals surface area contributed by atoms with Gasteiger partial charge >= 0.3 is 5.97 Å². The number of hydrogen-bond donors (Lipinski definition) is 3. The molecule has 1 atom stereocenters. The summed E-state index contributed by atoms with van der Waals surface area (Å²) >= 11 is 0. The third-order valence-electron chi connectivity index (χ3n) is 3.36. The van der Waals surface area contributed by atoms with Crippen LogP contribution in [0.5, 0.6) is 0 Å². The van der Waals surface area contributed by atoms with Crippen LogP contribution in [0.1, 0.15) is 29.8 Å². The van der Waals surface area contributed by atoms with Crippen LogP contribution in [-0.2, 0) is 11.3 Å². The fourth-order valence-electron chi connectivity index (χ4n) is 2.20. The Morgan fingerprint density at radius 1 is 1.55 bits per heavy atom. The number of carboxylic acids is 1. The molecule has 8 nitrogen and oxygen atoms in total. The lowest BCUT2D eigenvalue weighted by Gasteiger charge is -2.08. The number of amides is 1. The van der Waals surface area contributed by atoms with Gasteiger partial charge in [0.05, 0.1) is 12.7 Å². The number of hydrogen-bond acceptors (Lipinski definition) is 5. The number of aromatic nitrogens is 3. The molecule has 0 bridgehead atoms. The van der Waals surface area contributed by atoms with Gasteiger partial charge in [-0.15, -0.1) is 5.10 Å². The molecule has 1 unspecified atom stereocenters. The molecule has 0 saturated carbocycles. The highest BCUT2D eigenvalue weighted by Gasteiger charge is 2.15. The highest BCUT2D eigenvalue weighted by Crippen LogP contribution is 2.13. The van der Waals surface area contributed by atoms with Gasteiger partial charge in [-0.1, -0.05) is 5.21 Å².